The SMILES string of the molecule is COc1c(N2CCC(N)C2)c(F)cn2c(=O)[nH]c(=O)c(C3CC3)c12. The fraction of sp³-hybridized carbons (Fsp3) is 0.500. The van der Waals surface area contributed by atoms with Gasteiger partial charge in [0.2, 0.25) is 0 Å². The van der Waals surface area contributed by atoms with Gasteiger partial charge in [0.25, 0.3) is 5.56 Å². The van der Waals surface area contributed by atoms with Gasteiger partial charge in [0.05, 0.1) is 13.3 Å². The number of methoxy groups -OCH3 is 1. The van der Waals surface area contributed by atoms with Gasteiger partial charge in [-0.15, -0.1) is 0 Å². The Morgan fingerprint density at radius 1 is 1.33 bits per heavy atom. The monoisotopic (exact) mass is 334 g/mol. The summed E-state index contributed by atoms with van der Waals surface area (Å²) in [4.78, 5) is 28.6. The second-order valence-electron chi connectivity index (χ2n) is 6.52. The van der Waals surface area contributed by atoms with Crippen LogP contribution in [0.2, 0.25) is 0 Å². The smallest absolute Gasteiger partial charge is 0.333 e. The normalized spacial score (nSPS) is 20.8. The molecule has 0 amide bonds. The number of halogens is 1. The van der Waals surface area contributed by atoms with Crippen molar-refractivity contribution in [2.24, 2.45) is 5.73 Å². The van der Waals surface area contributed by atoms with Gasteiger partial charge in [0.1, 0.15) is 11.2 Å². The predicted molar refractivity (Wildman–Crippen MR) is 87.6 cm³/mol. The molecule has 1 aliphatic heterocycles. The lowest BCUT2D eigenvalue weighted by molar-refractivity contribution is 0.413. The highest BCUT2D eigenvalue weighted by Gasteiger charge is 2.33. The van der Waals surface area contributed by atoms with Crippen LogP contribution < -0.4 is 26.6 Å². The van der Waals surface area contributed by atoms with Crippen LogP contribution in [0.4, 0.5) is 10.1 Å². The highest BCUT2D eigenvalue weighted by atomic mass is 19.1. The van der Waals surface area contributed by atoms with Crippen molar-refractivity contribution in [3.05, 3.63) is 38.4 Å². The molecule has 0 radical (unpaired) electrons. The number of nitrogens with two attached hydrogens (primary N) is 1. The van der Waals surface area contributed by atoms with Crippen molar-refractivity contribution < 1.29 is 9.13 Å². The first-order valence-electron chi connectivity index (χ1n) is 8.06. The Labute approximate surface area is 136 Å². The number of fused-ring (bicyclic) bond motifs is 1. The Bertz CT molecular complexity index is 932. The van der Waals surface area contributed by atoms with E-state index in [1.807, 2.05) is 4.90 Å². The molecule has 2 aromatic rings. The summed E-state index contributed by atoms with van der Waals surface area (Å²) in [7, 11) is 1.43. The van der Waals surface area contributed by atoms with Gasteiger partial charge >= 0.3 is 5.69 Å². The van der Waals surface area contributed by atoms with Crippen molar-refractivity contribution in [3.8, 4) is 5.75 Å². The van der Waals surface area contributed by atoms with Crippen LogP contribution in [0.25, 0.3) is 5.52 Å². The highest BCUT2D eigenvalue weighted by molar-refractivity contribution is 5.78. The van der Waals surface area contributed by atoms with Crippen LogP contribution >= 0.6 is 0 Å². The summed E-state index contributed by atoms with van der Waals surface area (Å²) in [6, 6.07) is -0.0328. The van der Waals surface area contributed by atoms with E-state index in [0.29, 0.717) is 24.2 Å². The minimum atomic E-state index is -0.665. The maximum absolute atomic E-state index is 14.8. The molecule has 2 aliphatic rings. The molecule has 1 saturated carbocycles. The van der Waals surface area contributed by atoms with Crippen LogP contribution in [0, 0.1) is 5.82 Å². The predicted octanol–water partition coefficient (Wildman–Crippen LogP) is 0.550. The fourth-order valence-electron chi connectivity index (χ4n) is 3.54. The fourth-order valence-corrected chi connectivity index (χ4v) is 3.54. The van der Waals surface area contributed by atoms with Crippen molar-refractivity contribution >= 4 is 11.2 Å². The summed E-state index contributed by atoms with van der Waals surface area (Å²) >= 11 is 0. The van der Waals surface area contributed by atoms with Gasteiger partial charge < -0.3 is 15.4 Å². The summed E-state index contributed by atoms with van der Waals surface area (Å²) in [5.74, 6) is -0.254. The largest absolute Gasteiger partial charge is 0.492 e. The number of ether oxygens (including phenoxy) is 1. The van der Waals surface area contributed by atoms with E-state index in [4.69, 9.17) is 10.5 Å². The van der Waals surface area contributed by atoms with Crippen LogP contribution in [-0.2, 0) is 0 Å². The molecule has 24 heavy (non-hydrogen) atoms. The van der Waals surface area contributed by atoms with Gasteiger partial charge in [-0.3, -0.25) is 14.2 Å². The summed E-state index contributed by atoms with van der Waals surface area (Å²) in [5, 5.41) is 0. The van der Waals surface area contributed by atoms with Gasteiger partial charge in [0.15, 0.2) is 11.6 Å². The lowest BCUT2D eigenvalue weighted by Gasteiger charge is -2.23. The molecule has 7 nitrogen and oxygen atoms in total. The van der Waals surface area contributed by atoms with E-state index in [-0.39, 0.29) is 23.4 Å². The van der Waals surface area contributed by atoms with Gasteiger partial charge in [-0.1, -0.05) is 0 Å². The molecule has 0 bridgehead atoms. The van der Waals surface area contributed by atoms with E-state index in [0.717, 1.165) is 29.9 Å². The van der Waals surface area contributed by atoms with E-state index >= 15 is 0 Å². The number of nitrogens with one attached hydrogen (secondary N) is 1. The van der Waals surface area contributed by atoms with Crippen LogP contribution in [0.1, 0.15) is 30.7 Å². The Kier molecular flexibility index (Phi) is 3.38. The first kappa shape index (κ1) is 15.2. The summed E-state index contributed by atoms with van der Waals surface area (Å²) < 4.78 is 21.4. The van der Waals surface area contributed by atoms with Gasteiger partial charge in [-0.2, -0.15) is 0 Å². The van der Waals surface area contributed by atoms with Gasteiger partial charge in [-0.25, -0.2) is 9.18 Å². The number of nitrogens with zero attached hydrogens (tertiary/aromatic N) is 2. The minimum absolute atomic E-state index is 0.0328. The molecule has 2 aromatic heterocycles. The van der Waals surface area contributed by atoms with E-state index in [1.54, 1.807) is 0 Å². The highest BCUT2D eigenvalue weighted by Crippen LogP contribution is 2.44. The zero-order valence-corrected chi connectivity index (χ0v) is 13.3. The van der Waals surface area contributed by atoms with Crippen molar-refractivity contribution in [1.29, 1.82) is 0 Å². The Balaban J connectivity index is 2.07. The number of aromatic amines is 1. The first-order valence-corrected chi connectivity index (χ1v) is 8.06. The molecular weight excluding hydrogens is 315 g/mol. The lowest BCUT2D eigenvalue weighted by atomic mass is 10.1. The number of aromatic nitrogens is 2. The molecule has 128 valence electrons. The molecular formula is C16H19FN4O3. The molecule has 1 saturated heterocycles. The number of hydrogen-bond donors (Lipinski definition) is 2. The Morgan fingerprint density at radius 3 is 2.67 bits per heavy atom. The number of H-pyrrole nitrogens is 1. The molecule has 1 atom stereocenters. The lowest BCUT2D eigenvalue weighted by Crippen LogP contribution is -2.31. The van der Waals surface area contributed by atoms with Crippen LogP contribution in [0.3, 0.4) is 0 Å². The average Bonchev–Trinajstić information content (AvgIpc) is 3.28. The van der Waals surface area contributed by atoms with Crippen LogP contribution in [0.5, 0.6) is 5.75 Å². The number of pyridine rings is 1. The van der Waals surface area contributed by atoms with Gasteiger partial charge in [0, 0.05) is 24.7 Å². The topological polar surface area (TPSA) is 92.8 Å². The third kappa shape index (κ3) is 2.21. The second kappa shape index (κ2) is 5.34. The second-order valence-corrected chi connectivity index (χ2v) is 6.52. The van der Waals surface area contributed by atoms with E-state index in [1.165, 1.54) is 7.11 Å². The molecule has 8 heteroatoms. The molecule has 0 aromatic carbocycles. The van der Waals surface area contributed by atoms with Gasteiger partial charge in [-0.05, 0) is 25.2 Å². The van der Waals surface area contributed by atoms with Crippen LogP contribution in [0.15, 0.2) is 15.8 Å². The summed E-state index contributed by atoms with van der Waals surface area (Å²) in [6.45, 7) is 1.12. The number of anilines is 1. The zero-order valence-electron chi connectivity index (χ0n) is 13.3. The Morgan fingerprint density at radius 2 is 2.08 bits per heavy atom. The van der Waals surface area contributed by atoms with E-state index in [2.05, 4.69) is 4.98 Å². The number of hydrogen-bond acceptors (Lipinski definition) is 5. The molecule has 4 rings (SSSR count). The Hall–Kier alpha value is -2.35. The van der Waals surface area contributed by atoms with E-state index in [9.17, 15) is 14.0 Å². The minimum Gasteiger partial charge on any atom is -0.492 e. The molecule has 3 N–H and O–H groups in total. The zero-order chi connectivity index (χ0) is 17.0. The molecule has 3 heterocycles. The summed E-state index contributed by atoms with van der Waals surface area (Å²) in [5.41, 5.74) is 5.99. The van der Waals surface area contributed by atoms with Crippen molar-refractivity contribution in [3.63, 3.8) is 0 Å². The van der Waals surface area contributed by atoms with Crippen molar-refractivity contribution in [1.82, 2.24) is 9.38 Å². The third-order valence-corrected chi connectivity index (χ3v) is 4.81. The standard InChI is InChI=1S/C16H19FN4O3/c1-24-14-12(20-5-4-9(18)6-20)10(17)7-21-13(14)11(8-2-3-8)15(22)19-16(21)23/h7-9H,2-6,18H2,1H3,(H,19,22,23). The quantitative estimate of drug-likeness (QED) is 0.855. The maximum atomic E-state index is 14.8. The molecule has 2 fully saturated rings. The molecule has 0 spiro atoms. The number of rotatable bonds is 3. The van der Waals surface area contributed by atoms with Crippen molar-refractivity contribution in [2.45, 2.75) is 31.2 Å². The maximum Gasteiger partial charge on any atom is 0.333 e. The molecule has 1 unspecified atom stereocenters. The average molecular weight is 334 g/mol. The van der Waals surface area contributed by atoms with Crippen molar-refractivity contribution in [2.75, 3.05) is 25.1 Å². The third-order valence-electron chi connectivity index (χ3n) is 4.81. The molecule has 1 aliphatic carbocycles. The summed E-state index contributed by atoms with van der Waals surface area (Å²) in [6.07, 6.45) is 3.63. The first-order chi connectivity index (χ1) is 11.5. The van der Waals surface area contributed by atoms with E-state index < -0.39 is 17.1 Å². The van der Waals surface area contributed by atoms with Crippen LogP contribution in [-0.4, -0.2) is 35.6 Å².